The third-order valence-corrected chi connectivity index (χ3v) is 5.67. The Balaban J connectivity index is 3.21. The fourth-order valence-corrected chi connectivity index (χ4v) is 2.11. The van der Waals surface area contributed by atoms with E-state index in [4.69, 9.17) is 11.6 Å². The summed E-state index contributed by atoms with van der Waals surface area (Å²) in [6, 6.07) is 5.06. The largest absolute Gasteiger partial charge is 0.387 e. The van der Waals surface area contributed by atoms with Crippen molar-refractivity contribution in [3.05, 3.63) is 34.3 Å². The highest BCUT2D eigenvalue weighted by atomic mass is 35.5. The second-order valence-corrected chi connectivity index (χ2v) is 7.79. The van der Waals surface area contributed by atoms with E-state index in [0.29, 0.717) is 10.6 Å². The van der Waals surface area contributed by atoms with Gasteiger partial charge < -0.3 is 5.11 Å². The molecule has 0 fully saturated rings. The molecule has 0 saturated carbocycles. The minimum Gasteiger partial charge on any atom is -0.387 e. The number of aliphatic hydroxyl groups is 1. The van der Waals surface area contributed by atoms with Crippen molar-refractivity contribution < 1.29 is 13.5 Å². The minimum atomic E-state index is -3.37. The van der Waals surface area contributed by atoms with Gasteiger partial charge in [-0.05, 0) is 38.0 Å². The topological polar surface area (TPSA) is 54.4 Å². The van der Waals surface area contributed by atoms with E-state index < -0.39 is 20.7 Å². The normalized spacial score (nSPS) is 14.7. The molecule has 1 N–H and O–H groups in total. The van der Waals surface area contributed by atoms with E-state index in [2.05, 4.69) is 0 Å². The van der Waals surface area contributed by atoms with Gasteiger partial charge in [0, 0.05) is 11.3 Å². The van der Waals surface area contributed by atoms with E-state index in [1.54, 1.807) is 18.2 Å². The quantitative estimate of drug-likeness (QED) is 0.923. The second kappa shape index (κ2) is 4.59. The first-order valence-electron chi connectivity index (χ1n) is 5.21. The number of benzene rings is 1. The maximum absolute atomic E-state index is 11.6. The van der Waals surface area contributed by atoms with Crippen molar-refractivity contribution in [3.63, 3.8) is 0 Å². The maximum atomic E-state index is 11.6. The third kappa shape index (κ3) is 2.81. The molecule has 0 amide bonds. The predicted molar refractivity (Wildman–Crippen MR) is 70.1 cm³/mol. The number of rotatable bonds is 3. The van der Waals surface area contributed by atoms with Crippen LogP contribution in [0, 0.1) is 6.92 Å². The van der Waals surface area contributed by atoms with E-state index >= 15 is 0 Å². The van der Waals surface area contributed by atoms with Crippen molar-refractivity contribution in [1.29, 1.82) is 0 Å². The van der Waals surface area contributed by atoms with E-state index in [1.165, 1.54) is 13.8 Å². The van der Waals surface area contributed by atoms with Gasteiger partial charge >= 0.3 is 0 Å². The highest BCUT2D eigenvalue weighted by Gasteiger charge is 2.39. The molecule has 0 aliphatic heterocycles. The Labute approximate surface area is 107 Å². The molecule has 1 atom stereocenters. The number of sulfone groups is 1. The molecule has 0 heterocycles. The monoisotopic (exact) mass is 276 g/mol. The Bertz CT molecular complexity index is 521. The van der Waals surface area contributed by atoms with Gasteiger partial charge in [0.15, 0.2) is 9.84 Å². The van der Waals surface area contributed by atoms with Crippen LogP contribution in [0.4, 0.5) is 0 Å². The molecule has 1 rings (SSSR count). The molecule has 5 heteroatoms. The lowest BCUT2D eigenvalue weighted by molar-refractivity contribution is 0.139. The first-order valence-corrected chi connectivity index (χ1v) is 7.48. The summed E-state index contributed by atoms with van der Waals surface area (Å²) in [5.74, 6) is 0. The molecule has 0 radical (unpaired) electrons. The number of halogens is 1. The highest BCUT2D eigenvalue weighted by Crippen LogP contribution is 2.33. The summed E-state index contributed by atoms with van der Waals surface area (Å²) in [6.07, 6.45) is 0.0158. The smallest absolute Gasteiger partial charge is 0.155 e. The standard InChI is InChI=1S/C12H17ClO3S/c1-8-5-6-9(7-10(8)13)11(14)12(2,3)17(4,15)16/h5-7,11,14H,1-4H3. The van der Waals surface area contributed by atoms with Gasteiger partial charge in [-0.1, -0.05) is 23.7 Å². The average Bonchev–Trinajstić information content (AvgIpc) is 2.19. The molecular weight excluding hydrogens is 260 g/mol. The van der Waals surface area contributed by atoms with Gasteiger partial charge in [-0.3, -0.25) is 0 Å². The van der Waals surface area contributed by atoms with Crippen LogP contribution >= 0.6 is 11.6 Å². The Hall–Kier alpha value is -0.580. The van der Waals surface area contributed by atoms with Crippen LogP contribution in [0.1, 0.15) is 31.1 Å². The summed E-state index contributed by atoms with van der Waals surface area (Å²) in [6.45, 7) is 4.85. The lowest BCUT2D eigenvalue weighted by atomic mass is 9.97. The lowest BCUT2D eigenvalue weighted by Crippen LogP contribution is -2.37. The highest BCUT2D eigenvalue weighted by molar-refractivity contribution is 7.92. The summed E-state index contributed by atoms with van der Waals surface area (Å²) >= 11 is 5.96. The molecule has 17 heavy (non-hydrogen) atoms. The molecule has 0 aliphatic rings. The van der Waals surface area contributed by atoms with Crippen LogP contribution in [0.5, 0.6) is 0 Å². The zero-order valence-corrected chi connectivity index (χ0v) is 11.9. The van der Waals surface area contributed by atoms with Crippen LogP contribution in [0.15, 0.2) is 18.2 Å². The van der Waals surface area contributed by atoms with Crippen molar-refractivity contribution in [3.8, 4) is 0 Å². The third-order valence-electron chi connectivity index (χ3n) is 3.13. The van der Waals surface area contributed by atoms with Gasteiger partial charge in [0.25, 0.3) is 0 Å². The molecule has 1 aromatic rings. The first-order chi connectivity index (χ1) is 7.57. The van der Waals surface area contributed by atoms with Gasteiger partial charge in [0.1, 0.15) is 0 Å². The molecule has 0 bridgehead atoms. The van der Waals surface area contributed by atoms with Crippen LogP contribution in [-0.4, -0.2) is 24.5 Å². The zero-order chi connectivity index (χ0) is 13.4. The predicted octanol–water partition coefficient (Wildman–Crippen LogP) is 2.51. The van der Waals surface area contributed by atoms with Crippen molar-refractivity contribution in [2.75, 3.05) is 6.26 Å². The summed E-state index contributed by atoms with van der Waals surface area (Å²) in [5, 5.41) is 10.7. The van der Waals surface area contributed by atoms with Crippen molar-refractivity contribution in [1.82, 2.24) is 0 Å². The van der Waals surface area contributed by atoms with Gasteiger partial charge in [0.2, 0.25) is 0 Å². The lowest BCUT2D eigenvalue weighted by Gasteiger charge is -2.29. The Morgan fingerprint density at radius 1 is 1.35 bits per heavy atom. The number of hydrogen-bond acceptors (Lipinski definition) is 3. The van der Waals surface area contributed by atoms with Crippen LogP contribution in [0.25, 0.3) is 0 Å². The Morgan fingerprint density at radius 3 is 2.29 bits per heavy atom. The number of hydrogen-bond donors (Lipinski definition) is 1. The van der Waals surface area contributed by atoms with Crippen LogP contribution in [0.2, 0.25) is 5.02 Å². The van der Waals surface area contributed by atoms with Crippen molar-refractivity contribution in [2.24, 2.45) is 0 Å². The molecule has 3 nitrogen and oxygen atoms in total. The van der Waals surface area contributed by atoms with E-state index in [-0.39, 0.29) is 0 Å². The maximum Gasteiger partial charge on any atom is 0.155 e. The molecule has 96 valence electrons. The van der Waals surface area contributed by atoms with Crippen LogP contribution < -0.4 is 0 Å². The molecular formula is C12H17ClO3S. The molecule has 0 saturated heterocycles. The van der Waals surface area contributed by atoms with Crippen LogP contribution in [0.3, 0.4) is 0 Å². The summed E-state index contributed by atoms with van der Waals surface area (Å²) in [5.41, 5.74) is 1.40. The fourth-order valence-electron chi connectivity index (χ4n) is 1.38. The minimum absolute atomic E-state index is 0.510. The second-order valence-electron chi connectivity index (χ2n) is 4.79. The molecule has 0 spiro atoms. The molecule has 1 unspecified atom stereocenters. The average molecular weight is 277 g/mol. The number of aliphatic hydroxyl groups excluding tert-OH is 1. The van der Waals surface area contributed by atoms with E-state index in [1.807, 2.05) is 6.92 Å². The van der Waals surface area contributed by atoms with Gasteiger partial charge in [-0.25, -0.2) is 8.42 Å². The first kappa shape index (κ1) is 14.5. The SMILES string of the molecule is Cc1ccc(C(O)C(C)(C)S(C)(=O)=O)cc1Cl. The Kier molecular flexibility index (Phi) is 3.91. The summed E-state index contributed by atoms with van der Waals surface area (Å²) in [4.78, 5) is 0. The van der Waals surface area contributed by atoms with Crippen molar-refractivity contribution >= 4 is 21.4 Å². The van der Waals surface area contributed by atoms with Crippen molar-refractivity contribution in [2.45, 2.75) is 31.6 Å². The number of aryl methyl sites for hydroxylation is 1. The summed E-state index contributed by atoms with van der Waals surface area (Å²) in [7, 11) is -3.37. The van der Waals surface area contributed by atoms with Gasteiger partial charge in [-0.2, -0.15) is 0 Å². The van der Waals surface area contributed by atoms with Crippen LogP contribution in [-0.2, 0) is 9.84 Å². The van der Waals surface area contributed by atoms with Gasteiger partial charge in [-0.15, -0.1) is 0 Å². The van der Waals surface area contributed by atoms with Gasteiger partial charge in [0.05, 0.1) is 10.9 Å². The van der Waals surface area contributed by atoms with E-state index in [0.717, 1.165) is 11.8 Å². The zero-order valence-electron chi connectivity index (χ0n) is 10.4. The van der Waals surface area contributed by atoms with E-state index in [9.17, 15) is 13.5 Å². The Morgan fingerprint density at radius 2 is 1.88 bits per heavy atom. The fraction of sp³-hybridized carbons (Fsp3) is 0.500. The molecule has 0 aromatic heterocycles. The summed E-state index contributed by atoms with van der Waals surface area (Å²) < 4.78 is 22.0. The molecule has 0 aliphatic carbocycles. The molecule has 1 aromatic carbocycles.